The molecule has 0 spiro atoms. The van der Waals surface area contributed by atoms with E-state index in [2.05, 4.69) is 24.6 Å². The molecular weight excluding hydrogens is 238 g/mol. The molecule has 19 heavy (non-hydrogen) atoms. The van der Waals surface area contributed by atoms with Crippen molar-refractivity contribution in [1.82, 2.24) is 4.57 Å². The molecule has 102 valence electrons. The molecule has 0 fully saturated rings. The van der Waals surface area contributed by atoms with Crippen molar-refractivity contribution in [1.29, 1.82) is 0 Å². The number of unbranched alkanes of at least 4 members (excludes halogenated alkanes) is 1. The lowest BCUT2D eigenvalue weighted by Gasteiger charge is -2.05. The third-order valence-corrected chi connectivity index (χ3v) is 3.68. The van der Waals surface area contributed by atoms with E-state index in [-0.39, 0.29) is 0 Å². The van der Waals surface area contributed by atoms with Gasteiger partial charge in [0.15, 0.2) is 0 Å². The van der Waals surface area contributed by atoms with Gasteiger partial charge < -0.3 is 9.67 Å². The molecule has 1 N–H and O–H groups in total. The molecule has 3 nitrogen and oxygen atoms in total. The zero-order valence-corrected chi connectivity index (χ0v) is 11.9. The molecule has 0 bridgehead atoms. The maximum atomic E-state index is 11.2. The molecule has 1 heterocycles. The van der Waals surface area contributed by atoms with Gasteiger partial charge in [0, 0.05) is 23.6 Å². The number of carbonyl (C=O) groups is 1. The average Bonchev–Trinajstić information content (AvgIpc) is 2.72. The Morgan fingerprint density at radius 1 is 1.32 bits per heavy atom. The van der Waals surface area contributed by atoms with Crippen LogP contribution in [0.5, 0.6) is 0 Å². The predicted molar refractivity (Wildman–Crippen MR) is 77.9 cm³/mol. The van der Waals surface area contributed by atoms with Crippen LogP contribution in [0.2, 0.25) is 0 Å². The van der Waals surface area contributed by atoms with Crippen LogP contribution in [0.25, 0.3) is 10.9 Å². The van der Waals surface area contributed by atoms with Crippen LogP contribution in [0, 0.1) is 6.92 Å². The first-order valence-electron chi connectivity index (χ1n) is 6.94. The summed E-state index contributed by atoms with van der Waals surface area (Å²) in [6.45, 7) is 7.01. The number of fused-ring (bicyclic) bond motifs is 1. The van der Waals surface area contributed by atoms with E-state index < -0.39 is 5.97 Å². The monoisotopic (exact) mass is 259 g/mol. The van der Waals surface area contributed by atoms with Crippen LogP contribution in [-0.4, -0.2) is 15.6 Å². The van der Waals surface area contributed by atoms with E-state index in [4.69, 9.17) is 0 Å². The van der Waals surface area contributed by atoms with Crippen molar-refractivity contribution in [2.45, 2.75) is 46.6 Å². The van der Waals surface area contributed by atoms with Crippen molar-refractivity contribution in [3.63, 3.8) is 0 Å². The van der Waals surface area contributed by atoms with Crippen molar-refractivity contribution in [3.8, 4) is 0 Å². The summed E-state index contributed by atoms with van der Waals surface area (Å²) < 4.78 is 2.15. The van der Waals surface area contributed by atoms with Crippen molar-refractivity contribution >= 4 is 16.9 Å². The molecule has 1 aromatic heterocycles. The highest BCUT2D eigenvalue weighted by molar-refractivity contribution is 5.96. The highest BCUT2D eigenvalue weighted by Crippen LogP contribution is 2.26. The second-order valence-electron chi connectivity index (χ2n) is 5.03. The van der Waals surface area contributed by atoms with Crippen molar-refractivity contribution in [3.05, 3.63) is 35.0 Å². The Morgan fingerprint density at radius 2 is 2.05 bits per heavy atom. The van der Waals surface area contributed by atoms with E-state index in [0.717, 1.165) is 24.0 Å². The summed E-state index contributed by atoms with van der Waals surface area (Å²) in [7, 11) is 0. The molecule has 2 aromatic rings. The van der Waals surface area contributed by atoms with Crippen LogP contribution >= 0.6 is 0 Å². The first-order valence-corrected chi connectivity index (χ1v) is 6.94. The Labute approximate surface area is 113 Å². The molecule has 0 unspecified atom stereocenters. The minimum atomic E-state index is -0.849. The number of benzene rings is 1. The van der Waals surface area contributed by atoms with E-state index in [1.807, 2.05) is 19.1 Å². The number of aryl methyl sites for hydroxylation is 3. The quantitative estimate of drug-likeness (QED) is 0.881. The first-order chi connectivity index (χ1) is 9.08. The van der Waals surface area contributed by atoms with Crippen LogP contribution in [0.3, 0.4) is 0 Å². The minimum Gasteiger partial charge on any atom is -0.478 e. The molecule has 0 saturated carbocycles. The van der Waals surface area contributed by atoms with Gasteiger partial charge in [-0.25, -0.2) is 4.79 Å². The summed E-state index contributed by atoms with van der Waals surface area (Å²) in [5, 5.41) is 10.4. The average molecular weight is 259 g/mol. The number of aromatic nitrogens is 1. The van der Waals surface area contributed by atoms with Gasteiger partial charge in [0.05, 0.1) is 5.56 Å². The highest BCUT2D eigenvalue weighted by atomic mass is 16.4. The zero-order valence-electron chi connectivity index (χ0n) is 11.9. The predicted octanol–water partition coefficient (Wildman–Crippen LogP) is 4.01. The van der Waals surface area contributed by atoms with Crippen molar-refractivity contribution in [2.24, 2.45) is 0 Å². The van der Waals surface area contributed by atoms with E-state index >= 15 is 0 Å². The second kappa shape index (κ2) is 5.47. The molecular formula is C16H21NO2. The fourth-order valence-corrected chi connectivity index (χ4v) is 2.58. The molecule has 0 radical (unpaired) electrons. The van der Waals surface area contributed by atoms with E-state index in [0.29, 0.717) is 5.56 Å². The van der Waals surface area contributed by atoms with Gasteiger partial charge >= 0.3 is 5.97 Å². The van der Waals surface area contributed by atoms with Crippen molar-refractivity contribution < 1.29 is 9.90 Å². The number of aromatic carboxylic acids is 1. The lowest BCUT2D eigenvalue weighted by molar-refractivity contribution is 0.0696. The third-order valence-electron chi connectivity index (χ3n) is 3.68. The number of rotatable bonds is 5. The number of carboxylic acid groups (broad SMARTS) is 1. The fraction of sp³-hybridized carbons (Fsp3) is 0.438. The number of hydrogen-bond donors (Lipinski definition) is 1. The standard InChI is InChI=1S/C16H21NO2/c1-4-6-7-12-10-17(5-2)15-9-13(16(18)19)11(3)8-14(12)15/h8-10H,4-7H2,1-3H3,(H,18,19). The molecule has 3 heteroatoms. The Kier molecular flexibility index (Phi) is 3.93. The van der Waals surface area contributed by atoms with Crippen LogP contribution in [0.1, 0.15) is 48.2 Å². The smallest absolute Gasteiger partial charge is 0.336 e. The van der Waals surface area contributed by atoms with Gasteiger partial charge in [0.1, 0.15) is 0 Å². The van der Waals surface area contributed by atoms with Crippen LogP contribution in [0.15, 0.2) is 18.3 Å². The molecule has 1 aromatic carbocycles. The lowest BCUT2D eigenvalue weighted by atomic mass is 10.0. The normalized spacial score (nSPS) is 11.1. The summed E-state index contributed by atoms with van der Waals surface area (Å²) >= 11 is 0. The highest BCUT2D eigenvalue weighted by Gasteiger charge is 2.13. The summed E-state index contributed by atoms with van der Waals surface area (Å²) in [5.41, 5.74) is 3.62. The molecule has 0 saturated heterocycles. The maximum absolute atomic E-state index is 11.2. The molecule has 0 aliphatic carbocycles. The molecule has 0 aliphatic heterocycles. The minimum absolute atomic E-state index is 0.405. The van der Waals surface area contributed by atoms with Gasteiger partial charge in [0.25, 0.3) is 0 Å². The molecule has 0 amide bonds. The summed E-state index contributed by atoms with van der Waals surface area (Å²) in [4.78, 5) is 11.2. The second-order valence-corrected chi connectivity index (χ2v) is 5.03. The zero-order chi connectivity index (χ0) is 14.0. The summed E-state index contributed by atoms with van der Waals surface area (Å²) in [6, 6.07) is 3.84. The molecule has 0 atom stereocenters. The van der Waals surface area contributed by atoms with Gasteiger partial charge in [-0.3, -0.25) is 0 Å². The van der Waals surface area contributed by atoms with Gasteiger partial charge in [-0.1, -0.05) is 13.3 Å². The van der Waals surface area contributed by atoms with E-state index in [9.17, 15) is 9.90 Å². The van der Waals surface area contributed by atoms with Crippen LogP contribution in [0.4, 0.5) is 0 Å². The Morgan fingerprint density at radius 3 is 2.63 bits per heavy atom. The fourth-order valence-electron chi connectivity index (χ4n) is 2.58. The maximum Gasteiger partial charge on any atom is 0.336 e. The molecule has 2 rings (SSSR count). The lowest BCUT2D eigenvalue weighted by Crippen LogP contribution is -2.00. The summed E-state index contributed by atoms with van der Waals surface area (Å²) in [6.07, 6.45) is 5.57. The van der Waals surface area contributed by atoms with Gasteiger partial charge in [-0.2, -0.15) is 0 Å². The number of hydrogen-bond acceptors (Lipinski definition) is 1. The van der Waals surface area contributed by atoms with Gasteiger partial charge in [0.2, 0.25) is 0 Å². The number of carboxylic acids is 1. The Bertz CT molecular complexity index is 611. The topological polar surface area (TPSA) is 42.2 Å². The Hall–Kier alpha value is -1.77. The third kappa shape index (κ3) is 2.50. The Balaban J connectivity index is 2.62. The van der Waals surface area contributed by atoms with E-state index in [1.54, 1.807) is 0 Å². The van der Waals surface area contributed by atoms with Gasteiger partial charge in [-0.05, 0) is 49.9 Å². The van der Waals surface area contributed by atoms with Crippen LogP contribution < -0.4 is 0 Å². The van der Waals surface area contributed by atoms with Crippen LogP contribution in [-0.2, 0) is 13.0 Å². The largest absolute Gasteiger partial charge is 0.478 e. The SMILES string of the molecule is CCCCc1cn(CC)c2cc(C(=O)O)c(C)cc12. The van der Waals surface area contributed by atoms with Crippen molar-refractivity contribution in [2.75, 3.05) is 0 Å². The number of nitrogens with zero attached hydrogens (tertiary/aromatic N) is 1. The van der Waals surface area contributed by atoms with Gasteiger partial charge in [-0.15, -0.1) is 0 Å². The first kappa shape index (κ1) is 13.7. The summed E-state index contributed by atoms with van der Waals surface area (Å²) in [5.74, 6) is -0.849. The van der Waals surface area contributed by atoms with E-state index in [1.165, 1.54) is 23.8 Å². The molecule has 0 aliphatic rings.